The molecule has 7 nitrogen and oxygen atoms in total. The van der Waals surface area contributed by atoms with Gasteiger partial charge in [-0.25, -0.2) is 4.79 Å². The lowest BCUT2D eigenvalue weighted by atomic mass is 9.89. The van der Waals surface area contributed by atoms with Gasteiger partial charge in [0.25, 0.3) is 0 Å². The maximum atomic E-state index is 12.3. The Morgan fingerprint density at radius 2 is 1.56 bits per heavy atom. The molecular weight excluding hydrogens is 348 g/mol. The maximum absolute atomic E-state index is 12.3. The molecule has 0 radical (unpaired) electrons. The van der Waals surface area contributed by atoms with Gasteiger partial charge in [-0.3, -0.25) is 4.79 Å². The van der Waals surface area contributed by atoms with Crippen molar-refractivity contribution in [3.8, 4) is 0 Å². The normalized spacial score (nSPS) is 29.9. The standard InChI is InChI=1S/C20H34N2O5/c1-19(2,3)21-17(23)10-13-7-8-14(27-18(24)22-20(4,5)6)11-16-15(9-13)25-12-26-16/h7-8,13-16H,9-12H2,1-6H3,(H,21,23)(H,22,24)/b8-7+. The first-order valence-electron chi connectivity index (χ1n) is 9.62. The quantitative estimate of drug-likeness (QED) is 0.733. The summed E-state index contributed by atoms with van der Waals surface area (Å²) in [4.78, 5) is 24.5. The zero-order valence-corrected chi connectivity index (χ0v) is 17.3. The van der Waals surface area contributed by atoms with Crippen molar-refractivity contribution >= 4 is 12.0 Å². The monoisotopic (exact) mass is 382 g/mol. The van der Waals surface area contributed by atoms with Crippen molar-refractivity contribution in [2.24, 2.45) is 5.92 Å². The van der Waals surface area contributed by atoms with Crippen LogP contribution < -0.4 is 10.6 Å². The highest BCUT2D eigenvalue weighted by Gasteiger charge is 2.36. The lowest BCUT2D eigenvalue weighted by molar-refractivity contribution is -0.123. The Morgan fingerprint density at radius 1 is 0.963 bits per heavy atom. The van der Waals surface area contributed by atoms with Gasteiger partial charge < -0.3 is 24.8 Å². The maximum Gasteiger partial charge on any atom is 0.408 e. The molecule has 0 aromatic carbocycles. The Kier molecular flexibility index (Phi) is 6.92. The minimum atomic E-state index is -0.463. The molecule has 2 amide bonds. The lowest BCUT2D eigenvalue weighted by Gasteiger charge is -2.28. The predicted molar refractivity (Wildman–Crippen MR) is 102 cm³/mol. The molecule has 1 aliphatic heterocycles. The molecule has 0 saturated carbocycles. The second kappa shape index (κ2) is 8.61. The minimum Gasteiger partial charge on any atom is -0.442 e. The van der Waals surface area contributed by atoms with Gasteiger partial charge in [-0.15, -0.1) is 0 Å². The summed E-state index contributed by atoms with van der Waals surface area (Å²) in [5.74, 6) is -0.00485. The molecule has 1 saturated heterocycles. The third-order valence-corrected chi connectivity index (χ3v) is 4.27. The van der Waals surface area contributed by atoms with Crippen LogP contribution in [0.25, 0.3) is 0 Å². The zero-order chi connectivity index (χ0) is 20.2. The minimum absolute atomic E-state index is 0.00127. The summed E-state index contributed by atoms with van der Waals surface area (Å²) in [5, 5.41) is 5.79. The summed E-state index contributed by atoms with van der Waals surface area (Å²) in [7, 11) is 0. The van der Waals surface area contributed by atoms with Crippen LogP contribution in [0, 0.1) is 5.92 Å². The van der Waals surface area contributed by atoms with Crippen LogP contribution in [0.5, 0.6) is 0 Å². The van der Waals surface area contributed by atoms with Crippen LogP contribution in [-0.4, -0.2) is 48.2 Å². The largest absolute Gasteiger partial charge is 0.442 e. The highest BCUT2D eigenvalue weighted by atomic mass is 16.7. The highest BCUT2D eigenvalue weighted by molar-refractivity contribution is 5.77. The molecule has 2 rings (SSSR count). The first-order chi connectivity index (χ1) is 12.4. The van der Waals surface area contributed by atoms with Gasteiger partial charge in [0, 0.05) is 23.9 Å². The molecule has 1 aliphatic carbocycles. The van der Waals surface area contributed by atoms with Crippen LogP contribution in [0.4, 0.5) is 4.79 Å². The van der Waals surface area contributed by atoms with Gasteiger partial charge in [0.1, 0.15) is 12.9 Å². The zero-order valence-electron chi connectivity index (χ0n) is 17.3. The third kappa shape index (κ3) is 7.89. The smallest absolute Gasteiger partial charge is 0.408 e. The average Bonchev–Trinajstić information content (AvgIpc) is 2.84. The Hall–Kier alpha value is -1.60. The van der Waals surface area contributed by atoms with Crippen molar-refractivity contribution in [1.29, 1.82) is 0 Å². The van der Waals surface area contributed by atoms with E-state index in [1.54, 1.807) is 0 Å². The molecule has 4 unspecified atom stereocenters. The van der Waals surface area contributed by atoms with Crippen molar-refractivity contribution in [3.63, 3.8) is 0 Å². The molecule has 0 aromatic heterocycles. The number of hydrogen-bond acceptors (Lipinski definition) is 5. The molecule has 4 atom stereocenters. The summed E-state index contributed by atoms with van der Waals surface area (Å²) in [6, 6.07) is 0. The van der Waals surface area contributed by atoms with Crippen molar-refractivity contribution in [2.45, 2.75) is 90.2 Å². The number of fused-ring (bicyclic) bond motifs is 1. The molecule has 27 heavy (non-hydrogen) atoms. The van der Waals surface area contributed by atoms with E-state index < -0.39 is 12.2 Å². The van der Waals surface area contributed by atoms with Gasteiger partial charge in [-0.2, -0.15) is 0 Å². The van der Waals surface area contributed by atoms with E-state index in [0.29, 0.717) is 19.3 Å². The van der Waals surface area contributed by atoms with Gasteiger partial charge in [-0.1, -0.05) is 6.08 Å². The van der Waals surface area contributed by atoms with Gasteiger partial charge in [0.15, 0.2) is 0 Å². The van der Waals surface area contributed by atoms with Gasteiger partial charge in [-0.05, 0) is 60.0 Å². The molecule has 2 N–H and O–H groups in total. The van der Waals surface area contributed by atoms with Crippen molar-refractivity contribution < 1.29 is 23.8 Å². The van der Waals surface area contributed by atoms with Gasteiger partial charge in [0.2, 0.25) is 5.91 Å². The van der Waals surface area contributed by atoms with E-state index in [9.17, 15) is 9.59 Å². The molecule has 0 bridgehead atoms. The van der Waals surface area contributed by atoms with Crippen LogP contribution in [-0.2, 0) is 19.0 Å². The van der Waals surface area contributed by atoms with Crippen LogP contribution in [0.2, 0.25) is 0 Å². The van der Waals surface area contributed by atoms with Crippen molar-refractivity contribution in [1.82, 2.24) is 10.6 Å². The number of amides is 2. The number of hydrogen-bond donors (Lipinski definition) is 2. The SMILES string of the molecule is CC(C)(C)NC(=O)CC1/C=C/C(OC(=O)NC(C)(C)C)CC2OCOC2C1. The Morgan fingerprint density at radius 3 is 2.15 bits per heavy atom. The summed E-state index contributed by atoms with van der Waals surface area (Å²) >= 11 is 0. The number of ether oxygens (including phenoxy) is 3. The van der Waals surface area contributed by atoms with E-state index in [2.05, 4.69) is 10.6 Å². The second-order valence-electron chi connectivity index (χ2n) is 9.47. The number of rotatable bonds is 3. The molecule has 1 heterocycles. The fourth-order valence-electron chi connectivity index (χ4n) is 3.25. The van der Waals surface area contributed by atoms with Crippen molar-refractivity contribution in [3.05, 3.63) is 12.2 Å². The fourth-order valence-corrected chi connectivity index (χ4v) is 3.25. The van der Waals surface area contributed by atoms with Gasteiger partial charge in [0.05, 0.1) is 12.2 Å². The number of alkyl carbamates (subject to hydrolysis) is 1. The molecule has 154 valence electrons. The van der Waals surface area contributed by atoms with Crippen LogP contribution in [0.1, 0.15) is 60.8 Å². The van der Waals surface area contributed by atoms with Crippen molar-refractivity contribution in [2.75, 3.05) is 6.79 Å². The fraction of sp³-hybridized carbons (Fsp3) is 0.800. The second-order valence-corrected chi connectivity index (χ2v) is 9.47. The first kappa shape index (κ1) is 21.7. The van der Waals surface area contributed by atoms with Crippen LogP contribution in [0.3, 0.4) is 0 Å². The van der Waals surface area contributed by atoms with E-state index in [1.165, 1.54) is 0 Å². The van der Waals surface area contributed by atoms with E-state index in [4.69, 9.17) is 14.2 Å². The predicted octanol–water partition coefficient (Wildman–Crippen LogP) is 2.89. The third-order valence-electron chi connectivity index (χ3n) is 4.27. The number of carbonyl (C=O) groups is 2. The highest BCUT2D eigenvalue weighted by Crippen LogP contribution is 2.29. The number of allylic oxidation sites excluding steroid dienone is 1. The topological polar surface area (TPSA) is 85.9 Å². The summed E-state index contributed by atoms with van der Waals surface area (Å²) in [5.41, 5.74) is -0.639. The Bertz CT molecular complexity index is 514. The van der Waals surface area contributed by atoms with E-state index in [1.807, 2.05) is 53.7 Å². The summed E-state index contributed by atoms with van der Waals surface area (Å²) in [6.07, 6.45) is 4.32. The molecule has 0 spiro atoms. The molecule has 1 fully saturated rings. The number of carbonyl (C=O) groups excluding carboxylic acids is 2. The summed E-state index contributed by atoms with van der Waals surface area (Å²) < 4.78 is 16.9. The van der Waals surface area contributed by atoms with Crippen LogP contribution in [0.15, 0.2) is 12.2 Å². The summed E-state index contributed by atoms with van der Waals surface area (Å²) in [6.45, 7) is 11.8. The van der Waals surface area contributed by atoms with E-state index in [-0.39, 0.29) is 41.9 Å². The van der Waals surface area contributed by atoms with E-state index in [0.717, 1.165) is 0 Å². The Balaban J connectivity index is 2.04. The lowest BCUT2D eigenvalue weighted by Crippen LogP contribution is -2.43. The first-order valence-corrected chi connectivity index (χ1v) is 9.62. The molecule has 0 aromatic rings. The molecular formula is C20H34N2O5. The number of nitrogens with one attached hydrogen (secondary N) is 2. The average molecular weight is 383 g/mol. The Labute approximate surface area is 162 Å². The van der Waals surface area contributed by atoms with Crippen LogP contribution >= 0.6 is 0 Å². The van der Waals surface area contributed by atoms with Gasteiger partial charge >= 0.3 is 6.09 Å². The molecule has 2 aliphatic rings. The van der Waals surface area contributed by atoms with E-state index >= 15 is 0 Å². The molecule has 7 heteroatoms.